The van der Waals surface area contributed by atoms with Crippen LogP contribution in [0.3, 0.4) is 0 Å². The Kier molecular flexibility index (Phi) is 32.1. The number of rotatable bonds is 3. The zero-order valence-corrected chi connectivity index (χ0v) is 15.5. The van der Waals surface area contributed by atoms with Crippen LogP contribution in [0.1, 0.15) is 94.4 Å². The van der Waals surface area contributed by atoms with Gasteiger partial charge in [0.25, 0.3) is 0 Å². The quantitative estimate of drug-likeness (QED) is 0.459. The average molecular weight is 271 g/mol. The first kappa shape index (κ1) is 26.9. The van der Waals surface area contributed by atoms with Gasteiger partial charge >= 0.3 is 0 Å². The zero-order chi connectivity index (χ0) is 16.3. The van der Waals surface area contributed by atoms with Crippen LogP contribution in [-0.4, -0.2) is 0 Å². The Morgan fingerprint density at radius 3 is 1.42 bits per heavy atom. The van der Waals surface area contributed by atoms with Crippen LogP contribution in [0.5, 0.6) is 0 Å². The van der Waals surface area contributed by atoms with Crippen LogP contribution in [0.25, 0.3) is 0 Å². The van der Waals surface area contributed by atoms with Gasteiger partial charge in [0.05, 0.1) is 0 Å². The molecule has 0 aliphatic rings. The van der Waals surface area contributed by atoms with Gasteiger partial charge in [-0.15, -0.1) is 13.2 Å². The summed E-state index contributed by atoms with van der Waals surface area (Å²) in [5.41, 5.74) is 2.03. The lowest BCUT2D eigenvalue weighted by atomic mass is 9.89. The van der Waals surface area contributed by atoms with Crippen molar-refractivity contribution >= 4 is 0 Å². The summed E-state index contributed by atoms with van der Waals surface area (Å²) < 4.78 is 0. The molecule has 0 aromatic heterocycles. The maximum absolute atomic E-state index is 3.00. The Balaban J connectivity index is -0.000000117. The minimum absolute atomic E-state index is 0.489. The second kappa shape index (κ2) is 22.6. The standard InChI is InChI=1S/C11H22.2C3H8.C2H4/c1-6-7-10(2)8-9-11(3,4)5;2*1-3-2;1-2/h7H,6,8-9H2,1-5H3;2*3H2,1-2H3;1-2H2/b10-7-;;;. The summed E-state index contributed by atoms with van der Waals surface area (Å²) in [7, 11) is 0. The van der Waals surface area contributed by atoms with Gasteiger partial charge in [-0.2, -0.15) is 0 Å². The van der Waals surface area contributed by atoms with Gasteiger partial charge in [-0.25, -0.2) is 0 Å². The molecule has 19 heavy (non-hydrogen) atoms. The summed E-state index contributed by atoms with van der Waals surface area (Å²) in [6.07, 6.45) is 8.56. The van der Waals surface area contributed by atoms with Crippen molar-refractivity contribution in [3.63, 3.8) is 0 Å². The molecule has 0 aromatic rings. The monoisotopic (exact) mass is 270 g/mol. The summed E-state index contributed by atoms with van der Waals surface area (Å²) in [6.45, 7) is 25.8. The van der Waals surface area contributed by atoms with Crippen LogP contribution in [0.2, 0.25) is 0 Å². The molecule has 0 bridgehead atoms. The first-order chi connectivity index (χ1) is 8.78. The number of hydrogen-bond acceptors (Lipinski definition) is 0. The fraction of sp³-hybridized carbons (Fsp3) is 0.789. The fourth-order valence-electron chi connectivity index (χ4n) is 1.02. The number of allylic oxidation sites excluding steroid dienone is 2. The highest BCUT2D eigenvalue weighted by molar-refractivity contribution is 4.97. The van der Waals surface area contributed by atoms with E-state index in [9.17, 15) is 0 Å². The van der Waals surface area contributed by atoms with Crippen LogP contribution in [0, 0.1) is 5.41 Å². The lowest BCUT2D eigenvalue weighted by molar-refractivity contribution is 0.377. The molecule has 0 nitrogen and oxygen atoms in total. The molecule has 0 amide bonds. The molecule has 0 heterocycles. The van der Waals surface area contributed by atoms with Crippen molar-refractivity contribution in [2.24, 2.45) is 5.41 Å². The van der Waals surface area contributed by atoms with Crippen LogP contribution < -0.4 is 0 Å². The molecule has 0 fully saturated rings. The topological polar surface area (TPSA) is 0 Å². The van der Waals surface area contributed by atoms with E-state index in [0.29, 0.717) is 5.41 Å². The highest BCUT2D eigenvalue weighted by Gasteiger charge is 2.08. The van der Waals surface area contributed by atoms with Gasteiger partial charge in [-0.3, -0.25) is 0 Å². The van der Waals surface area contributed by atoms with Crippen molar-refractivity contribution in [1.82, 2.24) is 0 Å². The molecule has 0 heteroatoms. The Morgan fingerprint density at radius 1 is 0.895 bits per heavy atom. The third-order valence-electron chi connectivity index (χ3n) is 1.82. The molecule has 0 unspecified atom stereocenters. The molecule has 0 aliphatic heterocycles. The molecular weight excluding hydrogens is 228 g/mol. The Bertz CT molecular complexity index is 155. The molecule has 0 atom stereocenters. The third-order valence-corrected chi connectivity index (χ3v) is 1.82. The normalized spacial score (nSPS) is 10.1. The lowest BCUT2D eigenvalue weighted by Gasteiger charge is -2.17. The van der Waals surface area contributed by atoms with Crippen molar-refractivity contribution in [2.75, 3.05) is 0 Å². The largest absolute Gasteiger partial charge is 0.106 e. The summed E-state index contributed by atoms with van der Waals surface area (Å²) >= 11 is 0. The van der Waals surface area contributed by atoms with Gasteiger partial charge in [0, 0.05) is 0 Å². The molecular formula is C19H42. The molecule has 0 rings (SSSR count). The highest BCUT2D eigenvalue weighted by atomic mass is 14.1. The minimum Gasteiger partial charge on any atom is -0.106 e. The molecule has 118 valence electrons. The maximum atomic E-state index is 3.00. The summed E-state index contributed by atoms with van der Waals surface area (Å²) in [5.74, 6) is 0. The highest BCUT2D eigenvalue weighted by Crippen LogP contribution is 2.23. The minimum atomic E-state index is 0.489. The van der Waals surface area contributed by atoms with Crippen molar-refractivity contribution in [3.8, 4) is 0 Å². The van der Waals surface area contributed by atoms with Crippen LogP contribution in [0.15, 0.2) is 24.8 Å². The van der Waals surface area contributed by atoms with E-state index in [1.165, 1.54) is 32.1 Å². The van der Waals surface area contributed by atoms with E-state index in [0.717, 1.165) is 0 Å². The van der Waals surface area contributed by atoms with E-state index >= 15 is 0 Å². The SMILES string of the molecule is C=C.CC/C=C(/C)CCC(C)(C)C.CCC.CCC. The van der Waals surface area contributed by atoms with Gasteiger partial charge in [0.15, 0.2) is 0 Å². The van der Waals surface area contributed by atoms with E-state index < -0.39 is 0 Å². The molecule has 0 radical (unpaired) electrons. The van der Waals surface area contributed by atoms with Crippen molar-refractivity contribution < 1.29 is 0 Å². The Hall–Kier alpha value is -0.520. The van der Waals surface area contributed by atoms with E-state index in [-0.39, 0.29) is 0 Å². The molecule has 0 spiro atoms. The summed E-state index contributed by atoms with van der Waals surface area (Å²) in [6, 6.07) is 0. The van der Waals surface area contributed by atoms with Gasteiger partial charge < -0.3 is 0 Å². The predicted molar refractivity (Wildman–Crippen MR) is 95.9 cm³/mol. The smallest absolute Gasteiger partial charge is 0.0318 e. The molecule has 0 aliphatic carbocycles. The van der Waals surface area contributed by atoms with E-state index in [1.54, 1.807) is 5.57 Å². The van der Waals surface area contributed by atoms with Crippen LogP contribution >= 0.6 is 0 Å². The first-order valence-corrected chi connectivity index (χ1v) is 7.94. The Morgan fingerprint density at radius 2 is 1.21 bits per heavy atom. The van der Waals surface area contributed by atoms with Crippen molar-refractivity contribution in [2.45, 2.75) is 94.4 Å². The first-order valence-electron chi connectivity index (χ1n) is 7.94. The van der Waals surface area contributed by atoms with Gasteiger partial charge in [0.2, 0.25) is 0 Å². The molecule has 0 saturated heterocycles. The van der Waals surface area contributed by atoms with E-state index in [2.05, 4.69) is 81.5 Å². The second-order valence-electron chi connectivity index (χ2n) is 5.93. The summed E-state index contributed by atoms with van der Waals surface area (Å²) in [4.78, 5) is 0. The van der Waals surface area contributed by atoms with Crippen LogP contribution in [-0.2, 0) is 0 Å². The summed E-state index contributed by atoms with van der Waals surface area (Å²) in [5, 5.41) is 0. The van der Waals surface area contributed by atoms with E-state index in [4.69, 9.17) is 0 Å². The fourth-order valence-corrected chi connectivity index (χ4v) is 1.02. The van der Waals surface area contributed by atoms with Gasteiger partial charge in [-0.05, 0) is 31.6 Å². The van der Waals surface area contributed by atoms with Gasteiger partial charge in [0.1, 0.15) is 0 Å². The van der Waals surface area contributed by atoms with E-state index in [1.807, 2.05) is 0 Å². The van der Waals surface area contributed by atoms with Crippen LogP contribution in [0.4, 0.5) is 0 Å². The molecule has 0 N–H and O–H groups in total. The Labute approximate surface area is 125 Å². The maximum Gasteiger partial charge on any atom is -0.0318 e. The average Bonchev–Trinajstić information content (AvgIpc) is 2.31. The predicted octanol–water partition coefficient (Wildman–Crippen LogP) is 7.80. The van der Waals surface area contributed by atoms with Crippen molar-refractivity contribution in [1.29, 1.82) is 0 Å². The third kappa shape index (κ3) is 58.2. The molecule has 0 saturated carbocycles. The van der Waals surface area contributed by atoms with Gasteiger partial charge in [-0.1, -0.05) is 79.9 Å². The van der Waals surface area contributed by atoms with Crippen molar-refractivity contribution in [3.05, 3.63) is 24.8 Å². The lowest BCUT2D eigenvalue weighted by Crippen LogP contribution is -2.04. The second-order valence-corrected chi connectivity index (χ2v) is 5.93. The zero-order valence-electron chi connectivity index (χ0n) is 15.5. The molecule has 0 aromatic carbocycles. The number of hydrogen-bond donors (Lipinski definition) is 0.